The number of hydrogen-bond acceptors (Lipinski definition) is 5. The van der Waals surface area contributed by atoms with E-state index in [-0.39, 0.29) is 12.0 Å². The SMILES string of the molecule is O=C(c1cnc2c(c1)ncn2Cc1ccccc1)N1CCC(N2CC(O)C2)CC1. The Hall–Kier alpha value is -2.77. The van der Waals surface area contributed by atoms with E-state index in [0.29, 0.717) is 18.2 Å². The van der Waals surface area contributed by atoms with Gasteiger partial charge in [-0.3, -0.25) is 9.69 Å². The van der Waals surface area contributed by atoms with E-state index >= 15 is 0 Å². The van der Waals surface area contributed by atoms with Gasteiger partial charge in [-0.15, -0.1) is 0 Å². The molecule has 1 N–H and O–H groups in total. The van der Waals surface area contributed by atoms with Crippen LogP contribution in [0.5, 0.6) is 0 Å². The second-order valence-corrected chi connectivity index (χ2v) is 8.06. The molecule has 2 saturated heterocycles. The molecule has 2 aliphatic rings. The summed E-state index contributed by atoms with van der Waals surface area (Å²) in [6.45, 7) is 3.74. The van der Waals surface area contributed by atoms with Crippen LogP contribution in [0.1, 0.15) is 28.8 Å². The molecule has 0 bridgehead atoms. The number of aliphatic hydroxyl groups is 1. The third kappa shape index (κ3) is 3.63. The Bertz CT molecular complexity index is 1000. The highest BCUT2D eigenvalue weighted by Crippen LogP contribution is 2.23. The van der Waals surface area contributed by atoms with Gasteiger partial charge in [0.05, 0.1) is 24.5 Å². The molecule has 0 atom stereocenters. The van der Waals surface area contributed by atoms with Gasteiger partial charge in [-0.1, -0.05) is 30.3 Å². The number of likely N-dealkylation sites (tertiary alicyclic amines) is 2. The van der Waals surface area contributed by atoms with E-state index in [4.69, 9.17) is 0 Å². The van der Waals surface area contributed by atoms with Crippen molar-refractivity contribution < 1.29 is 9.90 Å². The predicted molar refractivity (Wildman–Crippen MR) is 110 cm³/mol. The molecule has 0 spiro atoms. The summed E-state index contributed by atoms with van der Waals surface area (Å²) in [4.78, 5) is 26.2. The number of aliphatic hydroxyl groups excluding tert-OH is 1. The average molecular weight is 391 g/mol. The molecule has 5 rings (SSSR count). The molecule has 2 fully saturated rings. The van der Waals surface area contributed by atoms with Gasteiger partial charge in [0, 0.05) is 38.4 Å². The van der Waals surface area contributed by atoms with E-state index in [1.807, 2.05) is 33.7 Å². The van der Waals surface area contributed by atoms with E-state index in [2.05, 4.69) is 27.0 Å². The van der Waals surface area contributed by atoms with Gasteiger partial charge in [0.1, 0.15) is 5.52 Å². The zero-order valence-electron chi connectivity index (χ0n) is 16.3. The number of β-amino-alcohol motifs (C(OH)–C–C–N with tert-alkyl or cyclic N) is 1. The van der Waals surface area contributed by atoms with Crippen LogP contribution in [0.15, 0.2) is 48.9 Å². The van der Waals surface area contributed by atoms with Crippen molar-refractivity contribution in [2.75, 3.05) is 26.2 Å². The van der Waals surface area contributed by atoms with Crippen LogP contribution in [-0.2, 0) is 6.54 Å². The molecular weight excluding hydrogens is 366 g/mol. The zero-order valence-corrected chi connectivity index (χ0v) is 16.3. The molecule has 3 aromatic rings. The summed E-state index contributed by atoms with van der Waals surface area (Å²) in [5, 5.41) is 9.49. The molecule has 1 amide bonds. The Morgan fingerprint density at radius 1 is 1.10 bits per heavy atom. The Labute approximate surface area is 169 Å². The second-order valence-electron chi connectivity index (χ2n) is 8.06. The van der Waals surface area contributed by atoms with Crippen LogP contribution >= 0.6 is 0 Å². The number of carbonyl (C=O) groups is 1. The van der Waals surface area contributed by atoms with Crippen LogP contribution in [0.3, 0.4) is 0 Å². The number of benzene rings is 1. The predicted octanol–water partition coefficient (Wildman–Crippen LogP) is 1.76. The summed E-state index contributed by atoms with van der Waals surface area (Å²) in [5.41, 5.74) is 3.32. The lowest BCUT2D eigenvalue weighted by molar-refractivity contribution is -0.0381. The number of nitrogens with zero attached hydrogens (tertiary/aromatic N) is 5. The number of carbonyl (C=O) groups excluding carboxylic acids is 1. The molecule has 0 saturated carbocycles. The van der Waals surface area contributed by atoms with E-state index in [1.54, 1.807) is 12.5 Å². The first-order valence-electron chi connectivity index (χ1n) is 10.2. The van der Waals surface area contributed by atoms with Crippen LogP contribution in [0, 0.1) is 0 Å². The summed E-state index contributed by atoms with van der Waals surface area (Å²) in [6.07, 6.45) is 5.20. The van der Waals surface area contributed by atoms with E-state index in [1.165, 1.54) is 5.56 Å². The van der Waals surface area contributed by atoms with Crippen molar-refractivity contribution in [1.29, 1.82) is 0 Å². The topological polar surface area (TPSA) is 74.5 Å². The summed E-state index contributed by atoms with van der Waals surface area (Å²) >= 11 is 0. The quantitative estimate of drug-likeness (QED) is 0.734. The van der Waals surface area contributed by atoms with Crippen molar-refractivity contribution >= 4 is 17.1 Å². The fourth-order valence-electron chi connectivity index (χ4n) is 4.36. The summed E-state index contributed by atoms with van der Waals surface area (Å²) in [5.74, 6) is 0.0269. The number of piperidine rings is 1. The minimum atomic E-state index is -0.172. The first-order chi connectivity index (χ1) is 14.2. The average Bonchev–Trinajstić information content (AvgIpc) is 3.14. The van der Waals surface area contributed by atoms with Gasteiger partial charge in [-0.05, 0) is 24.5 Å². The molecule has 0 radical (unpaired) electrons. The van der Waals surface area contributed by atoms with Crippen molar-refractivity contribution in [2.45, 2.75) is 31.5 Å². The highest BCUT2D eigenvalue weighted by Gasteiger charge is 2.34. The Kier molecular flexibility index (Phi) is 4.77. The fraction of sp³-hybridized carbons (Fsp3) is 0.409. The van der Waals surface area contributed by atoms with Crippen molar-refractivity contribution in [2.24, 2.45) is 0 Å². The second kappa shape index (κ2) is 7.57. The van der Waals surface area contributed by atoms with Crippen molar-refractivity contribution in [3.63, 3.8) is 0 Å². The number of rotatable bonds is 4. The van der Waals surface area contributed by atoms with E-state index in [0.717, 1.165) is 50.2 Å². The smallest absolute Gasteiger partial charge is 0.255 e. The Morgan fingerprint density at radius 3 is 2.59 bits per heavy atom. The molecule has 0 aliphatic carbocycles. The minimum absolute atomic E-state index is 0.0269. The normalized spacial score (nSPS) is 18.9. The standard InChI is InChI=1S/C22H25N5O2/c28-19-13-26(14-19)18-6-8-25(9-7-18)22(29)17-10-20-21(23-11-17)27(15-24-20)12-16-4-2-1-3-5-16/h1-5,10-11,15,18-19,28H,6-9,12-14H2. The fourth-order valence-corrected chi connectivity index (χ4v) is 4.36. The maximum atomic E-state index is 13.0. The molecule has 7 heteroatoms. The van der Waals surface area contributed by atoms with Gasteiger partial charge in [0.15, 0.2) is 5.65 Å². The van der Waals surface area contributed by atoms with Gasteiger partial charge >= 0.3 is 0 Å². The van der Waals surface area contributed by atoms with Crippen molar-refractivity contribution in [3.05, 3.63) is 60.0 Å². The summed E-state index contributed by atoms with van der Waals surface area (Å²) in [6, 6.07) is 12.5. The summed E-state index contributed by atoms with van der Waals surface area (Å²) < 4.78 is 2.01. The third-order valence-corrected chi connectivity index (χ3v) is 6.06. The monoisotopic (exact) mass is 391 g/mol. The summed E-state index contributed by atoms with van der Waals surface area (Å²) in [7, 11) is 0. The van der Waals surface area contributed by atoms with Gasteiger partial charge in [0.25, 0.3) is 5.91 Å². The number of pyridine rings is 1. The highest BCUT2D eigenvalue weighted by molar-refractivity contribution is 5.96. The largest absolute Gasteiger partial charge is 0.390 e. The van der Waals surface area contributed by atoms with Crippen LogP contribution in [0.2, 0.25) is 0 Å². The van der Waals surface area contributed by atoms with Crippen LogP contribution in [-0.4, -0.2) is 73.7 Å². The molecule has 150 valence electrons. The van der Waals surface area contributed by atoms with E-state index < -0.39 is 0 Å². The maximum absolute atomic E-state index is 13.0. The van der Waals surface area contributed by atoms with Gasteiger partial charge in [0.2, 0.25) is 0 Å². The Balaban J connectivity index is 1.26. The number of aromatic nitrogens is 3. The van der Waals surface area contributed by atoms with Crippen molar-refractivity contribution in [1.82, 2.24) is 24.3 Å². The molecule has 4 heterocycles. The lowest BCUT2D eigenvalue weighted by Gasteiger charge is -2.45. The van der Waals surface area contributed by atoms with Crippen LogP contribution in [0.25, 0.3) is 11.2 Å². The minimum Gasteiger partial charge on any atom is -0.390 e. The van der Waals surface area contributed by atoms with Gasteiger partial charge in [-0.25, -0.2) is 9.97 Å². The van der Waals surface area contributed by atoms with Gasteiger partial charge < -0.3 is 14.6 Å². The van der Waals surface area contributed by atoms with Gasteiger partial charge in [-0.2, -0.15) is 0 Å². The highest BCUT2D eigenvalue weighted by atomic mass is 16.3. The van der Waals surface area contributed by atoms with Crippen LogP contribution in [0.4, 0.5) is 0 Å². The maximum Gasteiger partial charge on any atom is 0.255 e. The first kappa shape index (κ1) is 18.3. The molecule has 0 unspecified atom stereocenters. The lowest BCUT2D eigenvalue weighted by Crippen LogP contribution is -2.58. The zero-order chi connectivity index (χ0) is 19.8. The Morgan fingerprint density at radius 2 is 1.86 bits per heavy atom. The molecular formula is C22H25N5O2. The van der Waals surface area contributed by atoms with E-state index in [9.17, 15) is 9.90 Å². The van der Waals surface area contributed by atoms with Crippen LogP contribution < -0.4 is 0 Å². The molecule has 2 aliphatic heterocycles. The third-order valence-electron chi connectivity index (χ3n) is 6.06. The molecule has 29 heavy (non-hydrogen) atoms. The molecule has 1 aromatic carbocycles. The molecule has 2 aromatic heterocycles. The number of hydrogen-bond donors (Lipinski definition) is 1. The lowest BCUT2D eigenvalue weighted by atomic mass is 9.98. The number of imidazole rings is 1. The number of amides is 1. The first-order valence-corrected chi connectivity index (χ1v) is 10.2. The van der Waals surface area contributed by atoms with Crippen molar-refractivity contribution in [3.8, 4) is 0 Å². The molecule has 7 nitrogen and oxygen atoms in total. The number of fused-ring (bicyclic) bond motifs is 1.